The number of aromatic nitrogens is 3. The Kier molecular flexibility index (Phi) is 3.82. The molecule has 4 aromatic heterocycles. The van der Waals surface area contributed by atoms with E-state index in [4.69, 9.17) is 4.98 Å². The van der Waals surface area contributed by atoms with Gasteiger partial charge in [-0.15, -0.1) is 11.3 Å². The number of nitrogens with zero attached hydrogens (tertiary/aromatic N) is 3. The molecule has 35 heavy (non-hydrogen) atoms. The van der Waals surface area contributed by atoms with Crippen LogP contribution in [0.3, 0.4) is 0 Å². The Morgan fingerprint density at radius 1 is 0.629 bits per heavy atom. The van der Waals surface area contributed by atoms with Gasteiger partial charge in [0.05, 0.1) is 16.7 Å². The largest absolute Gasteiger partial charge is 0.309 e. The van der Waals surface area contributed by atoms with Gasteiger partial charge in [0.25, 0.3) is 0 Å². The van der Waals surface area contributed by atoms with Crippen LogP contribution in [0.1, 0.15) is 0 Å². The molecule has 0 unspecified atom stereocenters. The highest BCUT2D eigenvalue weighted by molar-refractivity contribution is 7.26. The molecule has 0 aliphatic rings. The third-order valence-corrected chi connectivity index (χ3v) is 8.17. The van der Waals surface area contributed by atoms with Gasteiger partial charge < -0.3 is 8.97 Å². The maximum atomic E-state index is 4.79. The number of rotatable bonds is 2. The van der Waals surface area contributed by atoms with E-state index in [1.54, 1.807) is 0 Å². The Bertz CT molecular complexity index is 2020. The summed E-state index contributed by atoms with van der Waals surface area (Å²) in [6, 6.07) is 36.9. The van der Waals surface area contributed by atoms with Gasteiger partial charge in [-0.25, -0.2) is 4.98 Å². The van der Waals surface area contributed by atoms with Crippen molar-refractivity contribution >= 4 is 59.0 Å². The zero-order chi connectivity index (χ0) is 22.9. The molecule has 4 heterocycles. The van der Waals surface area contributed by atoms with Crippen molar-refractivity contribution in [1.29, 1.82) is 0 Å². The Morgan fingerprint density at radius 2 is 1.43 bits per heavy atom. The first-order valence-corrected chi connectivity index (χ1v) is 12.5. The molecule has 0 atom stereocenters. The van der Waals surface area contributed by atoms with E-state index in [9.17, 15) is 0 Å². The molecule has 0 spiro atoms. The van der Waals surface area contributed by atoms with E-state index in [0.717, 1.165) is 22.6 Å². The predicted octanol–water partition coefficient (Wildman–Crippen LogP) is 8.47. The monoisotopic (exact) mass is 465 g/mol. The van der Waals surface area contributed by atoms with Crippen LogP contribution in [0.15, 0.2) is 116 Å². The van der Waals surface area contributed by atoms with E-state index in [1.165, 1.54) is 42.0 Å². The van der Waals surface area contributed by atoms with Gasteiger partial charge in [0.2, 0.25) is 0 Å². The fraction of sp³-hybridized carbons (Fsp3) is 0. The number of para-hydroxylation sites is 1. The van der Waals surface area contributed by atoms with E-state index in [0.29, 0.717) is 0 Å². The fourth-order valence-electron chi connectivity index (χ4n) is 5.37. The second kappa shape index (κ2) is 7.05. The summed E-state index contributed by atoms with van der Waals surface area (Å²) in [5.41, 5.74) is 6.69. The molecular weight excluding hydrogens is 446 g/mol. The molecule has 0 saturated carbocycles. The average Bonchev–Trinajstić information content (AvgIpc) is 3.60. The molecule has 0 N–H and O–H groups in total. The highest BCUT2D eigenvalue weighted by Gasteiger charge is 2.17. The van der Waals surface area contributed by atoms with Gasteiger partial charge in [0.1, 0.15) is 5.65 Å². The van der Waals surface area contributed by atoms with Crippen LogP contribution < -0.4 is 0 Å². The summed E-state index contributed by atoms with van der Waals surface area (Å²) in [5, 5.41) is 5.30. The standard InChI is InChI=1S/C31H19N3S/c1-3-9-26-24(8-1)30-27(17-16-23-22-7-2-4-10-28(22)35-31(23)30)34(26)21-14-12-20(13-15-21)25-19-33-18-6-5-11-29(33)32-25/h1-19H. The summed E-state index contributed by atoms with van der Waals surface area (Å²) < 4.78 is 7.15. The summed E-state index contributed by atoms with van der Waals surface area (Å²) in [4.78, 5) is 4.79. The number of fused-ring (bicyclic) bond motifs is 8. The highest BCUT2D eigenvalue weighted by atomic mass is 32.1. The van der Waals surface area contributed by atoms with Crippen molar-refractivity contribution in [2.45, 2.75) is 0 Å². The van der Waals surface area contributed by atoms with Crippen molar-refractivity contribution < 1.29 is 0 Å². The minimum absolute atomic E-state index is 0.960. The minimum atomic E-state index is 0.960. The van der Waals surface area contributed by atoms with Crippen LogP contribution >= 0.6 is 11.3 Å². The molecule has 0 saturated heterocycles. The van der Waals surface area contributed by atoms with Gasteiger partial charge >= 0.3 is 0 Å². The molecular formula is C31H19N3S. The minimum Gasteiger partial charge on any atom is -0.309 e. The number of hydrogen-bond donors (Lipinski definition) is 0. The van der Waals surface area contributed by atoms with E-state index >= 15 is 0 Å². The van der Waals surface area contributed by atoms with Gasteiger partial charge in [0.15, 0.2) is 0 Å². The first-order valence-electron chi connectivity index (χ1n) is 11.7. The van der Waals surface area contributed by atoms with Crippen LogP contribution in [0.5, 0.6) is 0 Å². The first kappa shape index (κ1) is 19.0. The van der Waals surface area contributed by atoms with E-state index in [-0.39, 0.29) is 0 Å². The van der Waals surface area contributed by atoms with Crippen LogP contribution in [0, 0.1) is 0 Å². The molecule has 0 fully saturated rings. The molecule has 4 aromatic carbocycles. The van der Waals surface area contributed by atoms with Gasteiger partial charge in [0, 0.05) is 54.6 Å². The smallest absolute Gasteiger partial charge is 0.137 e. The molecule has 0 radical (unpaired) electrons. The summed E-state index contributed by atoms with van der Waals surface area (Å²) >= 11 is 1.89. The Morgan fingerprint density at radius 3 is 2.31 bits per heavy atom. The number of hydrogen-bond acceptors (Lipinski definition) is 2. The zero-order valence-electron chi connectivity index (χ0n) is 18.7. The number of thiophene rings is 1. The van der Waals surface area contributed by atoms with Crippen molar-refractivity contribution in [3.8, 4) is 16.9 Å². The second-order valence-corrected chi connectivity index (χ2v) is 9.98. The summed E-state index contributed by atoms with van der Waals surface area (Å²) in [5.74, 6) is 0. The van der Waals surface area contributed by atoms with Crippen molar-refractivity contribution in [2.24, 2.45) is 0 Å². The topological polar surface area (TPSA) is 22.2 Å². The molecule has 3 nitrogen and oxygen atoms in total. The van der Waals surface area contributed by atoms with Gasteiger partial charge in [-0.2, -0.15) is 0 Å². The Labute approximate surface area is 205 Å². The van der Waals surface area contributed by atoms with E-state index < -0.39 is 0 Å². The van der Waals surface area contributed by atoms with E-state index in [1.807, 2.05) is 35.7 Å². The third kappa shape index (κ3) is 2.69. The quantitative estimate of drug-likeness (QED) is 0.251. The number of pyridine rings is 1. The SMILES string of the molecule is c1ccc2c(c1)sc1c2ccc2c1c1ccccc1n2-c1ccc(-c2cn3ccccc3n2)cc1. The van der Waals surface area contributed by atoms with Crippen molar-refractivity contribution in [1.82, 2.24) is 14.0 Å². The first-order chi connectivity index (χ1) is 17.3. The van der Waals surface area contributed by atoms with Crippen LogP contribution in [0.4, 0.5) is 0 Å². The molecule has 8 aromatic rings. The van der Waals surface area contributed by atoms with Crippen molar-refractivity contribution in [2.75, 3.05) is 0 Å². The number of benzene rings is 4. The predicted molar refractivity (Wildman–Crippen MR) is 148 cm³/mol. The van der Waals surface area contributed by atoms with Gasteiger partial charge in [-0.3, -0.25) is 0 Å². The highest BCUT2D eigenvalue weighted by Crippen LogP contribution is 2.43. The van der Waals surface area contributed by atoms with E-state index in [2.05, 4.69) is 100 Å². The Hall–Kier alpha value is -4.41. The summed E-state index contributed by atoms with van der Waals surface area (Å²) in [7, 11) is 0. The summed E-state index contributed by atoms with van der Waals surface area (Å²) in [6.45, 7) is 0. The lowest BCUT2D eigenvalue weighted by atomic mass is 10.1. The molecule has 8 rings (SSSR count). The van der Waals surface area contributed by atoms with Gasteiger partial charge in [-0.1, -0.05) is 60.7 Å². The lowest BCUT2D eigenvalue weighted by Crippen LogP contribution is -1.93. The fourth-order valence-corrected chi connectivity index (χ4v) is 6.63. The molecule has 0 aliphatic heterocycles. The Balaban J connectivity index is 1.37. The van der Waals surface area contributed by atoms with Crippen molar-refractivity contribution in [3.63, 3.8) is 0 Å². The van der Waals surface area contributed by atoms with Crippen LogP contribution in [0.2, 0.25) is 0 Å². The molecule has 0 aliphatic carbocycles. The lowest BCUT2D eigenvalue weighted by Gasteiger charge is -2.08. The third-order valence-electron chi connectivity index (χ3n) is 6.97. The lowest BCUT2D eigenvalue weighted by molar-refractivity contribution is 1.18. The normalized spacial score (nSPS) is 12.0. The van der Waals surface area contributed by atoms with Crippen LogP contribution in [0.25, 0.3) is 64.6 Å². The second-order valence-electron chi connectivity index (χ2n) is 8.93. The van der Waals surface area contributed by atoms with Crippen LogP contribution in [-0.2, 0) is 0 Å². The molecule has 164 valence electrons. The van der Waals surface area contributed by atoms with Gasteiger partial charge in [-0.05, 0) is 42.5 Å². The summed E-state index contributed by atoms with van der Waals surface area (Å²) in [6.07, 6.45) is 4.12. The molecule has 4 heteroatoms. The molecule has 0 amide bonds. The maximum absolute atomic E-state index is 4.79. The maximum Gasteiger partial charge on any atom is 0.137 e. The van der Waals surface area contributed by atoms with Crippen LogP contribution in [-0.4, -0.2) is 14.0 Å². The number of imidazole rings is 1. The zero-order valence-corrected chi connectivity index (χ0v) is 19.5. The van der Waals surface area contributed by atoms with Crippen molar-refractivity contribution in [3.05, 3.63) is 116 Å². The molecule has 0 bridgehead atoms. The average molecular weight is 466 g/mol.